The van der Waals surface area contributed by atoms with E-state index in [9.17, 15) is 22.4 Å². The van der Waals surface area contributed by atoms with E-state index >= 15 is 0 Å². The Morgan fingerprint density at radius 3 is 2.21 bits per heavy atom. The zero-order chi connectivity index (χ0) is 23.6. The van der Waals surface area contributed by atoms with Crippen LogP contribution in [-0.4, -0.2) is 48.4 Å². The molecule has 2 fully saturated rings. The number of hydrogen-bond donors (Lipinski definition) is 1. The van der Waals surface area contributed by atoms with E-state index in [1.807, 2.05) is 4.90 Å². The Labute approximate surface area is 190 Å². The summed E-state index contributed by atoms with van der Waals surface area (Å²) in [5.74, 6) is -1.14. The summed E-state index contributed by atoms with van der Waals surface area (Å²) in [6.07, 6.45) is -1.37. The average molecular weight is 465 g/mol. The molecule has 2 aromatic rings. The quantitative estimate of drug-likeness (QED) is 0.509. The van der Waals surface area contributed by atoms with Gasteiger partial charge in [-0.3, -0.25) is 0 Å². The Hall–Kier alpha value is -2.61. The van der Waals surface area contributed by atoms with Crippen LogP contribution in [0.4, 0.5) is 17.6 Å². The van der Waals surface area contributed by atoms with Crippen molar-refractivity contribution in [2.45, 2.75) is 38.3 Å². The second-order valence-electron chi connectivity index (χ2n) is 9.19. The predicted molar refractivity (Wildman–Crippen MR) is 116 cm³/mol. The van der Waals surface area contributed by atoms with Gasteiger partial charge in [0.15, 0.2) is 0 Å². The maximum absolute atomic E-state index is 13.9. The zero-order valence-electron chi connectivity index (χ0n) is 18.2. The van der Waals surface area contributed by atoms with Gasteiger partial charge in [-0.25, -0.2) is 9.18 Å². The maximum atomic E-state index is 13.9. The number of benzene rings is 2. The van der Waals surface area contributed by atoms with Crippen LogP contribution in [0.2, 0.25) is 0 Å². The van der Waals surface area contributed by atoms with E-state index in [1.165, 1.54) is 12.1 Å². The molecule has 0 atom stereocenters. The van der Waals surface area contributed by atoms with E-state index in [0.717, 1.165) is 18.4 Å². The molecule has 0 spiro atoms. The Morgan fingerprint density at radius 2 is 1.70 bits per heavy atom. The fraction of sp³-hybridized carbons (Fsp3) is 0.480. The highest BCUT2D eigenvalue weighted by molar-refractivity contribution is 5.88. The van der Waals surface area contributed by atoms with E-state index in [1.54, 1.807) is 30.3 Å². The number of carboxylic acids is 1. The Kier molecular flexibility index (Phi) is 6.66. The number of rotatable bonds is 7. The van der Waals surface area contributed by atoms with Crippen molar-refractivity contribution in [3.05, 3.63) is 53.8 Å². The third-order valence-electron chi connectivity index (χ3n) is 7.02. The number of halogens is 4. The van der Waals surface area contributed by atoms with E-state index in [0.29, 0.717) is 43.3 Å². The van der Waals surface area contributed by atoms with Gasteiger partial charge in [-0.2, -0.15) is 13.2 Å². The predicted octanol–water partition coefficient (Wildman–Crippen LogP) is 6.01. The lowest BCUT2D eigenvalue weighted by molar-refractivity contribution is -0.256. The van der Waals surface area contributed by atoms with Crippen molar-refractivity contribution >= 4 is 5.97 Å². The maximum Gasteiger partial charge on any atom is 0.395 e. The summed E-state index contributed by atoms with van der Waals surface area (Å²) >= 11 is 0. The molecule has 2 aromatic carbocycles. The van der Waals surface area contributed by atoms with Gasteiger partial charge in [0.1, 0.15) is 11.6 Å². The van der Waals surface area contributed by atoms with Crippen LogP contribution in [-0.2, 0) is 0 Å². The van der Waals surface area contributed by atoms with Crippen LogP contribution in [0.15, 0.2) is 42.5 Å². The van der Waals surface area contributed by atoms with Gasteiger partial charge < -0.3 is 14.7 Å². The molecule has 0 bridgehead atoms. The molecule has 1 aliphatic carbocycles. The highest BCUT2D eigenvalue weighted by Crippen LogP contribution is 2.53. The summed E-state index contributed by atoms with van der Waals surface area (Å²) in [7, 11) is 0. The molecule has 1 aliphatic heterocycles. The Balaban J connectivity index is 1.26. The molecule has 0 unspecified atom stereocenters. The molecule has 0 radical (unpaired) electrons. The van der Waals surface area contributed by atoms with E-state index in [-0.39, 0.29) is 24.9 Å². The van der Waals surface area contributed by atoms with Gasteiger partial charge in [-0.05, 0) is 80.1 Å². The van der Waals surface area contributed by atoms with Crippen molar-refractivity contribution < 1.29 is 32.2 Å². The molecule has 2 aliphatic rings. The highest BCUT2D eigenvalue weighted by atomic mass is 19.4. The summed E-state index contributed by atoms with van der Waals surface area (Å²) in [6.45, 7) is 1.92. The summed E-state index contributed by atoms with van der Waals surface area (Å²) in [4.78, 5) is 12.9. The first-order valence-electron chi connectivity index (χ1n) is 11.2. The fourth-order valence-corrected chi connectivity index (χ4v) is 4.70. The molecular formula is C25H27F4NO3. The van der Waals surface area contributed by atoms with Gasteiger partial charge in [0, 0.05) is 6.54 Å². The van der Waals surface area contributed by atoms with Gasteiger partial charge in [-0.1, -0.05) is 24.6 Å². The number of nitrogens with zero attached hydrogens (tertiary/aromatic N) is 1. The van der Waals surface area contributed by atoms with Crippen LogP contribution in [0.1, 0.15) is 42.5 Å². The third kappa shape index (κ3) is 5.16. The number of hydrogen-bond acceptors (Lipinski definition) is 3. The van der Waals surface area contributed by atoms with Gasteiger partial charge in [0.25, 0.3) is 0 Å². The monoisotopic (exact) mass is 465 g/mol. The second-order valence-corrected chi connectivity index (χ2v) is 9.19. The highest BCUT2D eigenvalue weighted by Gasteiger charge is 2.58. The number of carboxylic acid groups (broad SMARTS) is 1. The lowest BCUT2D eigenvalue weighted by Gasteiger charge is -2.47. The number of aromatic carboxylic acids is 1. The first-order valence-corrected chi connectivity index (χ1v) is 11.2. The summed E-state index contributed by atoms with van der Waals surface area (Å²) in [5.41, 5.74) is -0.568. The molecule has 0 amide bonds. The minimum absolute atomic E-state index is 0.111. The van der Waals surface area contributed by atoms with Crippen molar-refractivity contribution in [2.24, 2.45) is 11.3 Å². The first kappa shape index (κ1) is 23.5. The molecule has 33 heavy (non-hydrogen) atoms. The number of carbonyl (C=O) groups is 1. The van der Waals surface area contributed by atoms with Crippen LogP contribution in [0.25, 0.3) is 11.1 Å². The molecule has 4 nitrogen and oxygen atoms in total. The van der Waals surface area contributed by atoms with E-state index in [4.69, 9.17) is 9.84 Å². The second kappa shape index (κ2) is 9.33. The summed E-state index contributed by atoms with van der Waals surface area (Å²) < 4.78 is 60.1. The molecule has 1 heterocycles. The van der Waals surface area contributed by atoms with Gasteiger partial charge in [-0.15, -0.1) is 0 Å². The Bertz CT molecular complexity index is 978. The normalized spacial score (nSPS) is 19.2. The standard InChI is InChI=1S/C25H27F4NO3/c26-22-14-19(4-7-21(22)23(31)32)18-2-5-20(6-3-18)33-15-17-8-12-30(13-9-17)16-24(10-1-11-24)25(27,28)29/h2-7,14,17H,1,8-13,15-16H2,(H,31,32). The minimum Gasteiger partial charge on any atom is -0.493 e. The van der Waals surface area contributed by atoms with Gasteiger partial charge in [0.2, 0.25) is 0 Å². The Morgan fingerprint density at radius 1 is 1.06 bits per heavy atom. The molecule has 8 heteroatoms. The molecule has 1 saturated heterocycles. The van der Waals surface area contributed by atoms with Crippen LogP contribution in [0.3, 0.4) is 0 Å². The number of likely N-dealkylation sites (tertiary alicyclic amines) is 1. The summed E-state index contributed by atoms with van der Waals surface area (Å²) in [5, 5.41) is 8.94. The minimum atomic E-state index is -4.12. The van der Waals surface area contributed by atoms with Crippen LogP contribution < -0.4 is 4.74 Å². The number of ether oxygens (including phenoxy) is 1. The van der Waals surface area contributed by atoms with E-state index < -0.39 is 23.4 Å². The molecule has 4 rings (SSSR count). The van der Waals surface area contributed by atoms with E-state index in [2.05, 4.69) is 0 Å². The zero-order valence-corrected chi connectivity index (χ0v) is 18.2. The average Bonchev–Trinajstić information content (AvgIpc) is 2.75. The van der Waals surface area contributed by atoms with Gasteiger partial charge >= 0.3 is 12.1 Å². The topological polar surface area (TPSA) is 49.8 Å². The van der Waals surface area contributed by atoms with Crippen LogP contribution >= 0.6 is 0 Å². The van der Waals surface area contributed by atoms with Crippen molar-refractivity contribution in [3.8, 4) is 16.9 Å². The fourth-order valence-electron chi connectivity index (χ4n) is 4.70. The van der Waals surface area contributed by atoms with Crippen molar-refractivity contribution in [1.29, 1.82) is 0 Å². The van der Waals surface area contributed by atoms with Crippen LogP contribution in [0.5, 0.6) is 5.75 Å². The third-order valence-corrected chi connectivity index (χ3v) is 7.02. The largest absolute Gasteiger partial charge is 0.493 e. The molecule has 1 saturated carbocycles. The molecule has 0 aromatic heterocycles. The number of alkyl halides is 3. The number of piperidine rings is 1. The molecule has 1 N–H and O–H groups in total. The molecular weight excluding hydrogens is 438 g/mol. The lowest BCUT2D eigenvalue weighted by Crippen LogP contribution is -2.53. The van der Waals surface area contributed by atoms with Crippen molar-refractivity contribution in [3.63, 3.8) is 0 Å². The lowest BCUT2D eigenvalue weighted by atomic mass is 9.67. The van der Waals surface area contributed by atoms with Crippen molar-refractivity contribution in [1.82, 2.24) is 4.90 Å². The van der Waals surface area contributed by atoms with Gasteiger partial charge in [0.05, 0.1) is 17.6 Å². The van der Waals surface area contributed by atoms with Crippen LogP contribution in [0, 0.1) is 17.2 Å². The summed E-state index contributed by atoms with van der Waals surface area (Å²) in [6, 6.07) is 11.1. The first-order chi connectivity index (χ1) is 15.7. The smallest absolute Gasteiger partial charge is 0.395 e. The van der Waals surface area contributed by atoms with Crippen molar-refractivity contribution in [2.75, 3.05) is 26.2 Å². The SMILES string of the molecule is O=C(O)c1ccc(-c2ccc(OCC3CCN(CC4(C(F)(F)F)CCC4)CC3)cc2)cc1F. The molecule has 178 valence electrons.